The molecular weight excluding hydrogens is 354 g/mol. The van der Waals surface area contributed by atoms with E-state index in [-0.39, 0.29) is 23.3 Å². The molecule has 1 aliphatic carbocycles. The Kier molecular flexibility index (Phi) is 4.80. The maximum Gasteiger partial charge on any atom is 0.321 e. The van der Waals surface area contributed by atoms with Crippen LogP contribution >= 0.6 is 11.6 Å². The maximum atomic E-state index is 12.8. The normalized spacial score (nSPS) is 24.5. The van der Waals surface area contributed by atoms with Crippen molar-refractivity contribution in [3.05, 3.63) is 29.3 Å². The van der Waals surface area contributed by atoms with Crippen LogP contribution in [0, 0.1) is 11.3 Å². The monoisotopic (exact) mass is 377 g/mol. The van der Waals surface area contributed by atoms with Crippen LogP contribution < -0.4 is 10.6 Å². The zero-order valence-electron chi connectivity index (χ0n) is 14.7. The van der Waals surface area contributed by atoms with Crippen molar-refractivity contribution >= 4 is 29.2 Å². The number of urea groups is 1. The van der Waals surface area contributed by atoms with Gasteiger partial charge in [0.1, 0.15) is 0 Å². The van der Waals surface area contributed by atoms with Crippen LogP contribution in [0.3, 0.4) is 0 Å². The molecule has 3 aliphatic rings. The van der Waals surface area contributed by atoms with E-state index in [1.54, 1.807) is 29.2 Å². The number of carbonyl (C=O) groups is 2. The van der Waals surface area contributed by atoms with Crippen molar-refractivity contribution in [2.75, 3.05) is 31.6 Å². The van der Waals surface area contributed by atoms with Crippen molar-refractivity contribution in [2.45, 2.75) is 31.7 Å². The van der Waals surface area contributed by atoms with E-state index >= 15 is 0 Å². The number of nitrogens with zero attached hydrogens (tertiary/aromatic N) is 1. The third-order valence-corrected chi connectivity index (χ3v) is 6.01. The SMILES string of the molecule is O=C(NC1CC1)C1CN(C(=O)Nc2ccc(Cl)cc2)CC12CCOCC2. The van der Waals surface area contributed by atoms with Gasteiger partial charge in [-0.2, -0.15) is 0 Å². The Morgan fingerprint density at radius 2 is 1.85 bits per heavy atom. The van der Waals surface area contributed by atoms with E-state index in [2.05, 4.69) is 10.6 Å². The summed E-state index contributed by atoms with van der Waals surface area (Å²) in [5.74, 6) is -0.0702. The highest BCUT2D eigenvalue weighted by Crippen LogP contribution is 2.44. The number of rotatable bonds is 3. The Bertz CT molecular complexity index is 684. The third kappa shape index (κ3) is 3.67. The molecule has 4 rings (SSSR count). The van der Waals surface area contributed by atoms with Gasteiger partial charge in [0.15, 0.2) is 0 Å². The highest BCUT2D eigenvalue weighted by atomic mass is 35.5. The van der Waals surface area contributed by atoms with Crippen LogP contribution in [0.15, 0.2) is 24.3 Å². The van der Waals surface area contributed by atoms with E-state index in [4.69, 9.17) is 16.3 Å². The molecule has 0 aromatic heterocycles. The molecule has 3 amide bonds. The van der Waals surface area contributed by atoms with E-state index in [0.29, 0.717) is 43.1 Å². The summed E-state index contributed by atoms with van der Waals surface area (Å²) in [6.45, 7) is 2.36. The molecule has 1 unspecified atom stereocenters. The Morgan fingerprint density at radius 1 is 1.15 bits per heavy atom. The number of amides is 3. The van der Waals surface area contributed by atoms with Gasteiger partial charge >= 0.3 is 6.03 Å². The van der Waals surface area contributed by atoms with Crippen molar-refractivity contribution in [3.63, 3.8) is 0 Å². The van der Waals surface area contributed by atoms with Gasteiger partial charge in [-0.25, -0.2) is 4.79 Å². The molecular formula is C19H24ClN3O3. The molecule has 1 spiro atoms. The summed E-state index contributed by atoms with van der Waals surface area (Å²) in [5.41, 5.74) is 0.528. The van der Waals surface area contributed by atoms with Crippen LogP contribution in [0.25, 0.3) is 0 Å². The molecule has 1 atom stereocenters. The molecule has 26 heavy (non-hydrogen) atoms. The van der Waals surface area contributed by atoms with Gasteiger partial charge in [-0.3, -0.25) is 4.79 Å². The number of hydrogen-bond donors (Lipinski definition) is 2. The Hall–Kier alpha value is -1.79. The minimum absolute atomic E-state index is 0.0937. The standard InChI is InChI=1S/C19H24ClN3O3/c20-13-1-3-15(4-2-13)22-18(25)23-11-16(17(24)21-14-5-6-14)19(12-23)7-9-26-10-8-19/h1-4,14,16H,5-12H2,(H,21,24)(H,22,25). The second-order valence-corrected chi connectivity index (χ2v) is 8.06. The molecule has 2 saturated heterocycles. The van der Waals surface area contributed by atoms with Gasteiger partial charge in [0.25, 0.3) is 0 Å². The van der Waals surface area contributed by atoms with E-state index in [1.165, 1.54) is 0 Å². The number of benzene rings is 1. The molecule has 2 aliphatic heterocycles. The lowest BCUT2D eigenvalue weighted by atomic mass is 9.71. The van der Waals surface area contributed by atoms with Crippen LogP contribution in [0.5, 0.6) is 0 Å². The topological polar surface area (TPSA) is 70.7 Å². The summed E-state index contributed by atoms with van der Waals surface area (Å²) < 4.78 is 5.52. The number of hydrogen-bond acceptors (Lipinski definition) is 3. The number of ether oxygens (including phenoxy) is 1. The second kappa shape index (κ2) is 7.08. The molecule has 6 nitrogen and oxygen atoms in total. The van der Waals surface area contributed by atoms with Gasteiger partial charge < -0.3 is 20.3 Å². The lowest BCUT2D eigenvalue weighted by Gasteiger charge is -2.37. The number of halogens is 1. The fourth-order valence-electron chi connectivity index (χ4n) is 4.03. The molecule has 2 N–H and O–H groups in total. The number of carbonyl (C=O) groups excluding carboxylic acids is 2. The van der Waals surface area contributed by atoms with E-state index in [0.717, 1.165) is 25.7 Å². The van der Waals surface area contributed by atoms with Gasteiger partial charge in [0.05, 0.1) is 5.92 Å². The maximum absolute atomic E-state index is 12.8. The summed E-state index contributed by atoms with van der Waals surface area (Å²) in [5, 5.41) is 6.67. The van der Waals surface area contributed by atoms with Gasteiger partial charge in [0.2, 0.25) is 5.91 Å². The molecule has 0 bridgehead atoms. The van der Waals surface area contributed by atoms with Crippen molar-refractivity contribution in [2.24, 2.45) is 11.3 Å². The molecule has 1 aromatic carbocycles. The first-order chi connectivity index (χ1) is 12.6. The first-order valence-corrected chi connectivity index (χ1v) is 9.63. The predicted molar refractivity (Wildman–Crippen MR) is 99.2 cm³/mol. The Labute approximate surface area is 158 Å². The van der Waals surface area contributed by atoms with E-state index in [9.17, 15) is 9.59 Å². The molecule has 0 radical (unpaired) electrons. The van der Waals surface area contributed by atoms with Crippen LogP contribution in [-0.2, 0) is 9.53 Å². The average molecular weight is 378 g/mol. The number of likely N-dealkylation sites (tertiary alicyclic amines) is 1. The highest BCUT2D eigenvalue weighted by molar-refractivity contribution is 6.30. The van der Waals surface area contributed by atoms with Crippen molar-refractivity contribution in [1.29, 1.82) is 0 Å². The van der Waals surface area contributed by atoms with Crippen LogP contribution in [0.4, 0.5) is 10.5 Å². The lowest BCUT2D eigenvalue weighted by Crippen LogP contribution is -2.45. The fraction of sp³-hybridized carbons (Fsp3) is 0.579. The first kappa shape index (κ1) is 17.6. The third-order valence-electron chi connectivity index (χ3n) is 5.76. The van der Waals surface area contributed by atoms with Crippen LogP contribution in [-0.4, -0.2) is 49.2 Å². The summed E-state index contributed by atoms with van der Waals surface area (Å²) in [7, 11) is 0. The summed E-state index contributed by atoms with van der Waals surface area (Å²) in [6, 6.07) is 7.20. The average Bonchev–Trinajstić information content (AvgIpc) is 3.37. The minimum Gasteiger partial charge on any atom is -0.381 e. The highest BCUT2D eigenvalue weighted by Gasteiger charge is 2.52. The molecule has 1 saturated carbocycles. The van der Waals surface area contributed by atoms with Crippen molar-refractivity contribution in [3.8, 4) is 0 Å². The number of nitrogens with one attached hydrogen (secondary N) is 2. The van der Waals surface area contributed by atoms with Crippen LogP contribution in [0.1, 0.15) is 25.7 Å². The van der Waals surface area contributed by atoms with Crippen LogP contribution in [0.2, 0.25) is 5.02 Å². The van der Waals surface area contributed by atoms with Gasteiger partial charge in [-0.1, -0.05) is 11.6 Å². The molecule has 2 heterocycles. The lowest BCUT2D eigenvalue weighted by molar-refractivity contribution is -0.130. The predicted octanol–water partition coefficient (Wildman–Crippen LogP) is 2.88. The summed E-state index contributed by atoms with van der Waals surface area (Å²) >= 11 is 5.89. The smallest absolute Gasteiger partial charge is 0.321 e. The zero-order valence-corrected chi connectivity index (χ0v) is 15.4. The van der Waals surface area contributed by atoms with Gasteiger partial charge in [-0.15, -0.1) is 0 Å². The van der Waals surface area contributed by atoms with Crippen molar-refractivity contribution < 1.29 is 14.3 Å². The van der Waals surface area contributed by atoms with Gasteiger partial charge in [-0.05, 0) is 49.9 Å². The fourth-order valence-corrected chi connectivity index (χ4v) is 4.16. The Morgan fingerprint density at radius 3 is 2.50 bits per heavy atom. The molecule has 3 fully saturated rings. The number of anilines is 1. The minimum atomic E-state index is -0.172. The molecule has 1 aromatic rings. The van der Waals surface area contributed by atoms with Gasteiger partial charge in [0, 0.05) is 48.5 Å². The van der Waals surface area contributed by atoms with E-state index < -0.39 is 0 Å². The summed E-state index contributed by atoms with van der Waals surface area (Å²) in [4.78, 5) is 27.3. The summed E-state index contributed by atoms with van der Waals surface area (Å²) in [6.07, 6.45) is 3.77. The van der Waals surface area contributed by atoms with E-state index in [1.807, 2.05) is 0 Å². The van der Waals surface area contributed by atoms with Crippen molar-refractivity contribution in [1.82, 2.24) is 10.2 Å². The molecule has 140 valence electrons. The largest absolute Gasteiger partial charge is 0.381 e. The second-order valence-electron chi connectivity index (χ2n) is 7.63. The quantitative estimate of drug-likeness (QED) is 0.850. The first-order valence-electron chi connectivity index (χ1n) is 9.25. The Balaban J connectivity index is 1.47. The zero-order chi connectivity index (χ0) is 18.1. The molecule has 7 heteroatoms.